The van der Waals surface area contributed by atoms with Crippen LogP contribution < -0.4 is 10.2 Å². The van der Waals surface area contributed by atoms with E-state index in [1.54, 1.807) is 20.7 Å². The zero-order valence-corrected chi connectivity index (χ0v) is 17.8. The molecule has 0 saturated carbocycles. The Morgan fingerprint density at radius 1 is 1.23 bits per heavy atom. The molecule has 0 unspecified atom stereocenters. The minimum atomic E-state index is -0.413. The van der Waals surface area contributed by atoms with Crippen molar-refractivity contribution in [2.45, 2.75) is 26.1 Å². The predicted molar refractivity (Wildman–Crippen MR) is 118 cm³/mol. The van der Waals surface area contributed by atoms with Gasteiger partial charge < -0.3 is 19.7 Å². The zero-order chi connectivity index (χ0) is 21.8. The summed E-state index contributed by atoms with van der Waals surface area (Å²) in [6.45, 7) is 6.80. The Bertz CT molecular complexity index is 933. The van der Waals surface area contributed by atoms with E-state index in [0.717, 1.165) is 50.0 Å². The molecule has 3 heterocycles. The lowest BCUT2D eigenvalue weighted by Crippen LogP contribution is -2.47. The number of nitrogens with zero attached hydrogens (tertiary/aromatic N) is 5. The Labute approximate surface area is 182 Å². The Kier molecular flexibility index (Phi) is 6.48. The number of hydrogen-bond donors (Lipinski definition) is 1. The Hall–Kier alpha value is -2.98. The molecule has 0 aliphatic carbocycles. The summed E-state index contributed by atoms with van der Waals surface area (Å²) in [6, 6.07) is 8.54. The molecule has 1 fully saturated rings. The first kappa shape index (κ1) is 21.3. The fraction of sp³-hybridized carbons (Fsp3) is 0.429. The van der Waals surface area contributed by atoms with Crippen molar-refractivity contribution in [2.24, 2.45) is 0 Å². The van der Waals surface area contributed by atoms with E-state index < -0.39 is 6.09 Å². The summed E-state index contributed by atoms with van der Waals surface area (Å²) in [7, 11) is 3.26. The second-order valence-corrected chi connectivity index (χ2v) is 7.86. The van der Waals surface area contributed by atoms with Crippen molar-refractivity contribution < 1.29 is 14.3 Å². The standard InChI is InChI=1S/C21H26BN6O3/c1-15(24-20-23-11-18-13-31-21(30)26(2)19(18)25-20)17-5-3-16(4-6-17)12-27-7-9-28(10-8-27)22-14-29/h3-6,11,14-15H,7-10,12-13H2,1-2H3,(H,23,24,25)/t15-/m0/s1. The number of carbonyl (C=O) groups excluding carboxylic acids is 2. The Morgan fingerprint density at radius 3 is 2.68 bits per heavy atom. The Balaban J connectivity index is 1.34. The zero-order valence-electron chi connectivity index (χ0n) is 17.8. The number of aromatic nitrogens is 2. The quantitative estimate of drug-likeness (QED) is 0.534. The van der Waals surface area contributed by atoms with Crippen molar-refractivity contribution in [1.82, 2.24) is 19.7 Å². The van der Waals surface area contributed by atoms with Crippen LogP contribution in [0.25, 0.3) is 0 Å². The third-order valence-electron chi connectivity index (χ3n) is 5.69. The van der Waals surface area contributed by atoms with Gasteiger partial charge in [-0.25, -0.2) is 9.78 Å². The van der Waals surface area contributed by atoms with Crippen molar-refractivity contribution in [2.75, 3.05) is 43.4 Å². The molecule has 1 amide bonds. The van der Waals surface area contributed by atoms with Crippen molar-refractivity contribution in [1.29, 1.82) is 0 Å². The van der Waals surface area contributed by atoms with Gasteiger partial charge in [-0.05, 0) is 18.1 Å². The summed E-state index contributed by atoms with van der Waals surface area (Å²) in [4.78, 5) is 37.0. The molecule has 4 rings (SSSR count). The van der Waals surface area contributed by atoms with Gasteiger partial charge in [0.2, 0.25) is 5.95 Å². The number of ether oxygens (including phenoxy) is 1. The van der Waals surface area contributed by atoms with Crippen molar-refractivity contribution in [3.8, 4) is 0 Å². The fourth-order valence-electron chi connectivity index (χ4n) is 3.79. The number of anilines is 2. The van der Waals surface area contributed by atoms with Crippen molar-refractivity contribution in [3.63, 3.8) is 0 Å². The van der Waals surface area contributed by atoms with E-state index in [1.807, 2.05) is 0 Å². The molecule has 0 bridgehead atoms. The minimum Gasteiger partial charge on any atom is -0.444 e. The van der Waals surface area contributed by atoms with E-state index in [9.17, 15) is 9.59 Å². The van der Waals surface area contributed by atoms with Crippen LogP contribution in [0.2, 0.25) is 0 Å². The monoisotopic (exact) mass is 421 g/mol. The second-order valence-electron chi connectivity index (χ2n) is 7.86. The van der Waals surface area contributed by atoms with E-state index in [0.29, 0.717) is 11.8 Å². The molecule has 10 heteroatoms. The van der Waals surface area contributed by atoms with Crippen LogP contribution in [-0.4, -0.2) is 72.6 Å². The van der Waals surface area contributed by atoms with Crippen LogP contribution >= 0.6 is 0 Å². The molecule has 1 aromatic carbocycles. The Morgan fingerprint density at radius 2 is 1.97 bits per heavy atom. The molecule has 31 heavy (non-hydrogen) atoms. The van der Waals surface area contributed by atoms with E-state index in [-0.39, 0.29) is 12.6 Å². The first-order valence-corrected chi connectivity index (χ1v) is 10.4. The van der Waals surface area contributed by atoms with Gasteiger partial charge in [0.1, 0.15) is 12.4 Å². The number of carbonyl (C=O) groups is 2. The van der Waals surface area contributed by atoms with Crippen LogP contribution in [0.15, 0.2) is 30.5 Å². The van der Waals surface area contributed by atoms with Crippen LogP contribution in [0.5, 0.6) is 0 Å². The minimum absolute atomic E-state index is 0.00960. The van der Waals surface area contributed by atoms with Crippen LogP contribution in [0.3, 0.4) is 0 Å². The molecule has 2 aromatic rings. The molecule has 0 spiro atoms. The van der Waals surface area contributed by atoms with E-state index in [4.69, 9.17) is 4.74 Å². The lowest BCUT2D eigenvalue weighted by Gasteiger charge is -2.33. The van der Waals surface area contributed by atoms with Crippen LogP contribution in [0.1, 0.15) is 29.7 Å². The van der Waals surface area contributed by atoms with E-state index in [1.165, 1.54) is 10.5 Å². The van der Waals surface area contributed by atoms with Gasteiger partial charge in [-0.1, -0.05) is 24.3 Å². The van der Waals surface area contributed by atoms with Crippen molar-refractivity contribution in [3.05, 3.63) is 47.2 Å². The lowest BCUT2D eigenvalue weighted by molar-refractivity contribution is 0.143. The number of nitrogens with one attached hydrogen (secondary N) is 1. The maximum absolute atomic E-state index is 11.7. The van der Waals surface area contributed by atoms with Gasteiger partial charge in [-0.3, -0.25) is 9.80 Å². The number of hydrogen-bond acceptors (Lipinski definition) is 8. The highest BCUT2D eigenvalue weighted by Gasteiger charge is 2.25. The smallest absolute Gasteiger partial charge is 0.415 e. The predicted octanol–water partition coefficient (Wildman–Crippen LogP) is 1.66. The highest BCUT2D eigenvalue weighted by atomic mass is 16.6. The fourth-order valence-corrected chi connectivity index (χ4v) is 3.79. The summed E-state index contributed by atoms with van der Waals surface area (Å²) in [5.41, 5.74) is 3.17. The van der Waals surface area contributed by atoms with Crippen LogP contribution in [0, 0.1) is 0 Å². The molecule has 2 aliphatic heterocycles. The van der Waals surface area contributed by atoms with Gasteiger partial charge in [0, 0.05) is 46.0 Å². The number of amides is 1. The van der Waals surface area contributed by atoms with E-state index >= 15 is 0 Å². The first-order valence-electron chi connectivity index (χ1n) is 10.4. The number of benzene rings is 1. The van der Waals surface area contributed by atoms with E-state index in [2.05, 4.69) is 56.2 Å². The number of rotatable bonds is 7. The summed E-state index contributed by atoms with van der Waals surface area (Å²) in [5, 5.41) is 3.31. The van der Waals surface area contributed by atoms with Crippen molar-refractivity contribution >= 4 is 31.5 Å². The average molecular weight is 421 g/mol. The molecular formula is C21H26BN6O3. The summed E-state index contributed by atoms with van der Waals surface area (Å²) in [6.07, 6.45) is 2.13. The SMILES string of the molecule is C[C@H](Nc1ncc2c(n1)N(C)C(=O)OC2)c1ccc(CN2CCN([B]C=O)CC2)cc1. The molecule has 2 aliphatic rings. The number of piperazine rings is 1. The normalized spacial score (nSPS) is 18.1. The van der Waals surface area contributed by atoms with Gasteiger partial charge >= 0.3 is 6.09 Å². The molecule has 1 aromatic heterocycles. The largest absolute Gasteiger partial charge is 0.444 e. The molecule has 1 N–H and O–H groups in total. The third kappa shape index (κ3) is 5.03. The van der Waals surface area contributed by atoms with Gasteiger partial charge in [0.25, 0.3) is 7.41 Å². The second kappa shape index (κ2) is 9.44. The molecule has 1 atom stereocenters. The summed E-state index contributed by atoms with van der Waals surface area (Å²) in [5.74, 6) is 1.05. The number of cyclic esters (lactones) is 1. The van der Waals surface area contributed by atoms with Gasteiger partial charge in [0.15, 0.2) is 0 Å². The van der Waals surface area contributed by atoms with Gasteiger partial charge in [-0.2, -0.15) is 4.98 Å². The average Bonchev–Trinajstić information content (AvgIpc) is 2.78. The lowest BCUT2D eigenvalue weighted by atomic mass is 9.93. The maximum Gasteiger partial charge on any atom is 0.415 e. The van der Waals surface area contributed by atoms with Gasteiger partial charge in [-0.15, -0.1) is 0 Å². The highest BCUT2D eigenvalue weighted by molar-refractivity contribution is 6.64. The molecular weight excluding hydrogens is 395 g/mol. The summed E-state index contributed by atoms with van der Waals surface area (Å²) >= 11 is 0. The van der Waals surface area contributed by atoms with Gasteiger partial charge in [0.05, 0.1) is 17.8 Å². The highest BCUT2D eigenvalue weighted by Crippen LogP contribution is 2.25. The third-order valence-corrected chi connectivity index (χ3v) is 5.69. The topological polar surface area (TPSA) is 90.9 Å². The molecule has 1 saturated heterocycles. The van der Waals surface area contributed by atoms with Crippen LogP contribution in [-0.2, 0) is 22.7 Å². The van der Waals surface area contributed by atoms with Crippen LogP contribution in [0.4, 0.5) is 16.6 Å². The molecule has 161 valence electrons. The molecule has 9 nitrogen and oxygen atoms in total. The first-order chi connectivity index (χ1) is 15.0. The molecule has 1 radical (unpaired) electrons. The number of fused-ring (bicyclic) bond motifs is 1. The maximum atomic E-state index is 11.7. The summed E-state index contributed by atoms with van der Waals surface area (Å²) < 4.78 is 5.05.